The van der Waals surface area contributed by atoms with E-state index in [0.29, 0.717) is 17.5 Å². The van der Waals surface area contributed by atoms with Gasteiger partial charge >= 0.3 is 0 Å². The largest absolute Gasteiger partial charge is 0.456 e. The maximum Gasteiger partial charge on any atom is 0.164 e. The lowest BCUT2D eigenvalue weighted by atomic mass is 9.96. The van der Waals surface area contributed by atoms with Gasteiger partial charge in [-0.15, -0.1) is 0 Å². The van der Waals surface area contributed by atoms with E-state index in [1.165, 1.54) is 0 Å². The van der Waals surface area contributed by atoms with Gasteiger partial charge in [0.2, 0.25) is 0 Å². The van der Waals surface area contributed by atoms with Crippen LogP contribution in [0, 0.1) is 0 Å². The van der Waals surface area contributed by atoms with Crippen LogP contribution in [0.2, 0.25) is 0 Å². The van der Waals surface area contributed by atoms with Crippen molar-refractivity contribution < 1.29 is 8.83 Å². The summed E-state index contributed by atoms with van der Waals surface area (Å²) in [5.41, 5.74) is 10.6. The van der Waals surface area contributed by atoms with Crippen molar-refractivity contribution in [3.05, 3.63) is 164 Å². The Kier molecular flexibility index (Phi) is 6.42. The molecule has 234 valence electrons. The maximum absolute atomic E-state index is 6.51. The van der Waals surface area contributed by atoms with E-state index in [0.717, 1.165) is 82.8 Å². The van der Waals surface area contributed by atoms with Gasteiger partial charge in [0.1, 0.15) is 22.3 Å². The van der Waals surface area contributed by atoms with Gasteiger partial charge in [0, 0.05) is 38.2 Å². The van der Waals surface area contributed by atoms with E-state index >= 15 is 0 Å². The third-order valence-electron chi connectivity index (χ3n) is 9.34. The van der Waals surface area contributed by atoms with Crippen molar-refractivity contribution in [3.8, 4) is 56.4 Å². The average molecular weight is 642 g/mol. The van der Waals surface area contributed by atoms with Crippen molar-refractivity contribution in [2.45, 2.75) is 0 Å². The molecule has 0 saturated heterocycles. The van der Waals surface area contributed by atoms with Crippen LogP contribution in [0.25, 0.3) is 100 Å². The number of aromatic nitrogens is 3. The normalized spacial score (nSPS) is 11.6. The second-order valence-electron chi connectivity index (χ2n) is 12.4. The first-order chi connectivity index (χ1) is 24.7. The number of para-hydroxylation sites is 1. The highest BCUT2D eigenvalue weighted by Gasteiger charge is 2.17. The standard InChI is InChI=1S/C45H27N3O2/c1-3-11-28(12-4-1)43-46-44(29-13-5-2-6-14-29)48-45(47-43)33-16-9-15-32(25-33)34-18-10-20-40-42(34)36-23-21-31(27-41(36)50-40)30-22-24-39-37(26-30)35-17-7-8-19-38(35)49-39/h1-27H. The first kappa shape index (κ1) is 28.2. The summed E-state index contributed by atoms with van der Waals surface area (Å²) in [6, 6.07) is 55.8. The molecule has 10 aromatic rings. The molecule has 0 atom stereocenters. The lowest BCUT2D eigenvalue weighted by Crippen LogP contribution is -2.00. The van der Waals surface area contributed by atoms with Crippen LogP contribution in [0.3, 0.4) is 0 Å². The molecule has 0 fully saturated rings. The Morgan fingerprint density at radius 2 is 0.860 bits per heavy atom. The smallest absolute Gasteiger partial charge is 0.164 e. The summed E-state index contributed by atoms with van der Waals surface area (Å²) in [6.07, 6.45) is 0. The summed E-state index contributed by atoms with van der Waals surface area (Å²) in [6.45, 7) is 0. The van der Waals surface area contributed by atoms with Gasteiger partial charge in [0.25, 0.3) is 0 Å². The van der Waals surface area contributed by atoms with Gasteiger partial charge < -0.3 is 8.83 Å². The molecule has 0 bridgehead atoms. The molecule has 0 aliphatic carbocycles. The topological polar surface area (TPSA) is 65.0 Å². The molecule has 10 rings (SSSR count). The number of nitrogens with zero attached hydrogens (tertiary/aromatic N) is 3. The summed E-state index contributed by atoms with van der Waals surface area (Å²) in [5, 5.41) is 4.37. The van der Waals surface area contributed by atoms with E-state index in [9.17, 15) is 0 Å². The van der Waals surface area contributed by atoms with Crippen molar-refractivity contribution >= 4 is 43.9 Å². The minimum Gasteiger partial charge on any atom is -0.456 e. The minimum atomic E-state index is 0.621. The van der Waals surface area contributed by atoms with Crippen LogP contribution in [0.5, 0.6) is 0 Å². The number of furan rings is 2. The molecule has 0 N–H and O–H groups in total. The highest BCUT2D eigenvalue weighted by atomic mass is 16.3. The molecule has 3 aromatic heterocycles. The Hall–Kier alpha value is -6.85. The van der Waals surface area contributed by atoms with Gasteiger partial charge in [-0.2, -0.15) is 0 Å². The van der Waals surface area contributed by atoms with Crippen molar-refractivity contribution in [2.75, 3.05) is 0 Å². The second kappa shape index (κ2) is 11.4. The first-order valence-electron chi connectivity index (χ1n) is 16.6. The molecule has 0 unspecified atom stereocenters. The van der Waals surface area contributed by atoms with Crippen LogP contribution >= 0.6 is 0 Å². The van der Waals surface area contributed by atoms with Gasteiger partial charge in [-0.25, -0.2) is 15.0 Å². The lowest BCUT2D eigenvalue weighted by Gasteiger charge is -2.10. The zero-order valence-corrected chi connectivity index (χ0v) is 26.7. The Balaban J connectivity index is 1.08. The van der Waals surface area contributed by atoms with Crippen LogP contribution in [-0.4, -0.2) is 15.0 Å². The third-order valence-corrected chi connectivity index (χ3v) is 9.34. The fourth-order valence-electron chi connectivity index (χ4n) is 6.92. The number of fused-ring (bicyclic) bond motifs is 6. The number of rotatable bonds is 5. The fraction of sp³-hybridized carbons (Fsp3) is 0. The average Bonchev–Trinajstić information content (AvgIpc) is 3.76. The third kappa shape index (κ3) is 4.75. The second-order valence-corrected chi connectivity index (χ2v) is 12.4. The van der Waals surface area contributed by atoms with Crippen LogP contribution in [0.1, 0.15) is 0 Å². The number of benzene rings is 7. The van der Waals surface area contributed by atoms with E-state index in [4.69, 9.17) is 23.8 Å². The van der Waals surface area contributed by atoms with E-state index in [1.807, 2.05) is 84.9 Å². The summed E-state index contributed by atoms with van der Waals surface area (Å²) < 4.78 is 12.6. The first-order valence-corrected chi connectivity index (χ1v) is 16.6. The zero-order valence-electron chi connectivity index (χ0n) is 26.7. The predicted octanol–water partition coefficient (Wildman–Crippen LogP) is 12.0. The Morgan fingerprint density at radius 1 is 0.300 bits per heavy atom. The van der Waals surface area contributed by atoms with Gasteiger partial charge in [0.05, 0.1) is 0 Å². The maximum atomic E-state index is 6.51. The monoisotopic (exact) mass is 641 g/mol. The number of hydrogen-bond acceptors (Lipinski definition) is 5. The molecule has 5 nitrogen and oxygen atoms in total. The molecule has 0 aliphatic heterocycles. The van der Waals surface area contributed by atoms with Gasteiger partial charge in [-0.1, -0.05) is 121 Å². The molecule has 0 aliphatic rings. The van der Waals surface area contributed by atoms with E-state index in [2.05, 4.69) is 78.9 Å². The zero-order chi connectivity index (χ0) is 33.0. The highest BCUT2D eigenvalue weighted by molar-refractivity contribution is 6.13. The van der Waals surface area contributed by atoms with Crippen molar-refractivity contribution in [1.82, 2.24) is 15.0 Å². The number of hydrogen-bond donors (Lipinski definition) is 0. The Labute approximate surface area is 287 Å². The Bertz CT molecular complexity index is 2810. The van der Waals surface area contributed by atoms with E-state index in [1.54, 1.807) is 0 Å². The molecule has 5 heteroatoms. The molecule has 3 heterocycles. The minimum absolute atomic E-state index is 0.621. The quantitative estimate of drug-likeness (QED) is 0.187. The molecule has 50 heavy (non-hydrogen) atoms. The van der Waals surface area contributed by atoms with Gasteiger partial charge in [0.15, 0.2) is 17.5 Å². The van der Waals surface area contributed by atoms with Gasteiger partial charge in [-0.3, -0.25) is 0 Å². The van der Waals surface area contributed by atoms with Crippen LogP contribution in [-0.2, 0) is 0 Å². The van der Waals surface area contributed by atoms with Crippen LogP contribution in [0.4, 0.5) is 0 Å². The fourth-order valence-corrected chi connectivity index (χ4v) is 6.92. The predicted molar refractivity (Wildman–Crippen MR) is 202 cm³/mol. The van der Waals surface area contributed by atoms with Gasteiger partial charge in [-0.05, 0) is 64.7 Å². The lowest BCUT2D eigenvalue weighted by molar-refractivity contribution is 0.669. The summed E-state index contributed by atoms with van der Waals surface area (Å²) in [4.78, 5) is 14.8. The molecule has 7 aromatic carbocycles. The SMILES string of the molecule is c1ccc(-c2nc(-c3ccccc3)nc(-c3cccc(-c4cccc5oc6cc(-c7ccc8oc9ccccc9c8c7)ccc6c45)c3)n2)cc1. The highest BCUT2D eigenvalue weighted by Crippen LogP contribution is 2.40. The Morgan fingerprint density at radius 3 is 1.64 bits per heavy atom. The van der Waals surface area contributed by atoms with Crippen LogP contribution in [0.15, 0.2) is 173 Å². The summed E-state index contributed by atoms with van der Waals surface area (Å²) in [7, 11) is 0. The molecule has 0 saturated carbocycles. The van der Waals surface area contributed by atoms with E-state index in [-0.39, 0.29) is 0 Å². The molecular weight excluding hydrogens is 615 g/mol. The molecular formula is C45H27N3O2. The van der Waals surface area contributed by atoms with Crippen LogP contribution < -0.4 is 0 Å². The summed E-state index contributed by atoms with van der Waals surface area (Å²) >= 11 is 0. The van der Waals surface area contributed by atoms with E-state index < -0.39 is 0 Å². The molecule has 0 spiro atoms. The van der Waals surface area contributed by atoms with Crippen molar-refractivity contribution in [1.29, 1.82) is 0 Å². The molecule has 0 amide bonds. The van der Waals surface area contributed by atoms with Crippen molar-refractivity contribution in [3.63, 3.8) is 0 Å². The van der Waals surface area contributed by atoms with Crippen molar-refractivity contribution in [2.24, 2.45) is 0 Å². The molecule has 0 radical (unpaired) electrons. The summed E-state index contributed by atoms with van der Waals surface area (Å²) in [5.74, 6) is 1.90.